The monoisotopic (exact) mass is 493 g/mol. The summed E-state index contributed by atoms with van der Waals surface area (Å²) in [4.78, 5) is 2.00. The summed E-state index contributed by atoms with van der Waals surface area (Å²) in [5.41, 5.74) is 1.38. The van der Waals surface area contributed by atoms with Crippen molar-refractivity contribution in [2.24, 2.45) is 0 Å². The zero-order chi connectivity index (χ0) is 14.0. The van der Waals surface area contributed by atoms with Crippen LogP contribution in [0.4, 0.5) is 0 Å². The fraction of sp³-hybridized carbons (Fsp3) is 0.667. The Labute approximate surface area is 199 Å². The van der Waals surface area contributed by atoms with Gasteiger partial charge in [-0.05, 0) is 55.8 Å². The summed E-state index contributed by atoms with van der Waals surface area (Å²) < 4.78 is 0. The second kappa shape index (κ2) is 49.9. The molecule has 0 heterocycles. The SMILES string of the molecule is CC#CC.CC=C(C)C.CN(C)C.C[CH-]C.[Y].[Y].[Y]. The maximum Gasteiger partial charge on any atom is 0 e. The Morgan fingerprint density at radius 1 is 0.895 bits per heavy atom. The molecule has 0 saturated carbocycles. The van der Waals surface area contributed by atoms with Gasteiger partial charge in [-0.3, -0.25) is 0 Å². The summed E-state index contributed by atoms with van der Waals surface area (Å²) >= 11 is 0. The molecule has 107 valence electrons. The van der Waals surface area contributed by atoms with Crippen molar-refractivity contribution >= 4 is 0 Å². The molecular formula is C15H32NY3-. The summed E-state index contributed by atoms with van der Waals surface area (Å²) in [5, 5.41) is 0. The molecule has 0 N–H and O–H groups in total. The molecule has 0 fully saturated rings. The number of rotatable bonds is 0. The van der Waals surface area contributed by atoms with E-state index in [9.17, 15) is 0 Å². The van der Waals surface area contributed by atoms with Gasteiger partial charge in [-0.15, -0.1) is 11.8 Å². The molecule has 4 heteroatoms. The first kappa shape index (κ1) is 43.0. The minimum Gasteiger partial charge on any atom is -0.335 e. The van der Waals surface area contributed by atoms with E-state index >= 15 is 0 Å². The van der Waals surface area contributed by atoms with Gasteiger partial charge in [0.15, 0.2) is 0 Å². The summed E-state index contributed by atoms with van der Waals surface area (Å²) in [6.07, 6.45) is 4.08. The van der Waals surface area contributed by atoms with Gasteiger partial charge in [0.2, 0.25) is 0 Å². The fourth-order valence-corrected chi connectivity index (χ4v) is 0. The summed E-state index contributed by atoms with van der Waals surface area (Å²) in [6.45, 7) is 13.8. The van der Waals surface area contributed by atoms with Gasteiger partial charge < -0.3 is 11.3 Å². The van der Waals surface area contributed by atoms with Crippen molar-refractivity contribution in [3.8, 4) is 11.8 Å². The van der Waals surface area contributed by atoms with Gasteiger partial charge >= 0.3 is 0 Å². The molecule has 0 atom stereocenters. The first-order valence-electron chi connectivity index (χ1n) is 5.61. The molecule has 1 nitrogen and oxygen atoms in total. The van der Waals surface area contributed by atoms with Crippen molar-refractivity contribution in [2.45, 2.75) is 48.5 Å². The van der Waals surface area contributed by atoms with E-state index in [4.69, 9.17) is 0 Å². The summed E-state index contributed by atoms with van der Waals surface area (Å²) in [7, 11) is 6.00. The molecular weight excluding hydrogens is 461 g/mol. The maximum atomic E-state index is 2.68. The van der Waals surface area contributed by atoms with Gasteiger partial charge in [-0.1, -0.05) is 11.6 Å². The van der Waals surface area contributed by atoms with Crippen molar-refractivity contribution in [3.05, 3.63) is 18.1 Å². The fourth-order valence-electron chi connectivity index (χ4n) is 0. The topological polar surface area (TPSA) is 3.24 Å². The van der Waals surface area contributed by atoms with E-state index in [1.54, 1.807) is 0 Å². The van der Waals surface area contributed by atoms with Crippen molar-refractivity contribution in [2.75, 3.05) is 21.1 Å². The van der Waals surface area contributed by atoms with E-state index in [0.717, 1.165) is 0 Å². The van der Waals surface area contributed by atoms with Gasteiger partial charge in [0, 0.05) is 98.1 Å². The van der Waals surface area contributed by atoms with Crippen LogP contribution in [0.5, 0.6) is 0 Å². The Bertz CT molecular complexity index is 167. The molecule has 0 aromatic heterocycles. The van der Waals surface area contributed by atoms with Crippen LogP contribution in [0.25, 0.3) is 0 Å². The molecule has 0 aliphatic heterocycles. The van der Waals surface area contributed by atoms with E-state index < -0.39 is 0 Å². The molecule has 0 aliphatic rings. The first-order chi connectivity index (χ1) is 7.33. The summed E-state index contributed by atoms with van der Waals surface area (Å²) in [6, 6.07) is 0. The standard InChI is InChI=1S/C5H10.C4H6.C3H9N.C3H7.3Y/c1-4-5(2)3;1-3-4-2;1-4(2)3;1-3-2;;;/h4H,1-3H3;1-2H3;1-3H3;3H,1-2H3;;;/q;;;-1;;;. The van der Waals surface area contributed by atoms with E-state index in [1.165, 1.54) is 5.57 Å². The summed E-state index contributed by atoms with van der Waals surface area (Å²) in [5.74, 6) is 5.36. The van der Waals surface area contributed by atoms with E-state index in [0.29, 0.717) is 0 Å². The van der Waals surface area contributed by atoms with Crippen molar-refractivity contribution in [1.29, 1.82) is 0 Å². The van der Waals surface area contributed by atoms with E-state index in [1.807, 2.05) is 67.1 Å². The number of nitrogens with zero attached hydrogens (tertiary/aromatic N) is 1. The molecule has 0 saturated heterocycles. The molecule has 0 bridgehead atoms. The average Bonchev–Trinajstić information content (AvgIpc) is 2.18. The van der Waals surface area contributed by atoms with Gasteiger partial charge in [-0.2, -0.15) is 13.8 Å². The normalized spacial score (nSPS) is 5.42. The zero-order valence-electron chi connectivity index (χ0n) is 14.8. The van der Waals surface area contributed by atoms with Gasteiger partial charge in [-0.25, -0.2) is 0 Å². The van der Waals surface area contributed by atoms with Crippen LogP contribution in [0.2, 0.25) is 0 Å². The van der Waals surface area contributed by atoms with Crippen LogP contribution in [0, 0.1) is 18.3 Å². The number of hydrogen-bond acceptors (Lipinski definition) is 1. The third kappa shape index (κ3) is 229. The molecule has 0 spiro atoms. The Balaban J connectivity index is -0.0000000195. The molecule has 0 unspecified atom stereocenters. The van der Waals surface area contributed by atoms with Crippen molar-refractivity contribution in [3.63, 3.8) is 0 Å². The minimum absolute atomic E-state index is 0. The number of hydrogen-bond donors (Lipinski definition) is 0. The Morgan fingerprint density at radius 2 is 1.00 bits per heavy atom. The van der Waals surface area contributed by atoms with Crippen LogP contribution >= 0.6 is 0 Å². The largest absolute Gasteiger partial charge is 0.335 e. The van der Waals surface area contributed by atoms with Gasteiger partial charge in [0.05, 0.1) is 0 Å². The molecule has 0 rings (SSSR count). The maximum absolute atomic E-state index is 2.68. The predicted molar refractivity (Wildman–Crippen MR) is 79.5 cm³/mol. The van der Waals surface area contributed by atoms with Gasteiger partial charge in [0.1, 0.15) is 0 Å². The second-order valence-corrected chi connectivity index (χ2v) is 3.79. The average molecular weight is 493 g/mol. The predicted octanol–water partition coefficient (Wildman–Crippen LogP) is 4.40. The molecule has 0 aromatic rings. The van der Waals surface area contributed by atoms with Gasteiger partial charge in [0.25, 0.3) is 0 Å². The molecule has 0 aliphatic carbocycles. The third-order valence-corrected chi connectivity index (χ3v) is 0.827. The van der Waals surface area contributed by atoms with Crippen LogP contribution in [-0.4, -0.2) is 26.0 Å². The molecule has 19 heavy (non-hydrogen) atoms. The van der Waals surface area contributed by atoms with Crippen molar-refractivity contribution in [1.82, 2.24) is 4.90 Å². The zero-order valence-corrected chi connectivity index (χ0v) is 23.3. The van der Waals surface area contributed by atoms with Crippen LogP contribution in [0.15, 0.2) is 11.6 Å². The smallest absolute Gasteiger partial charge is 0 e. The van der Waals surface area contributed by atoms with Crippen LogP contribution < -0.4 is 0 Å². The van der Waals surface area contributed by atoms with Crippen molar-refractivity contribution < 1.29 is 98.1 Å². The third-order valence-electron chi connectivity index (χ3n) is 0.827. The second-order valence-electron chi connectivity index (χ2n) is 3.79. The molecule has 0 aromatic carbocycles. The van der Waals surface area contributed by atoms with E-state index in [-0.39, 0.29) is 98.1 Å². The Kier molecular flexibility index (Phi) is 113. The minimum atomic E-state index is 0. The molecule has 3 radical (unpaired) electrons. The van der Waals surface area contributed by atoms with Crippen LogP contribution in [0.1, 0.15) is 48.5 Å². The molecule has 0 amide bonds. The van der Waals surface area contributed by atoms with Crippen LogP contribution in [0.3, 0.4) is 0 Å². The quantitative estimate of drug-likeness (QED) is 0.275. The number of allylic oxidation sites excluding steroid dienone is 2. The Morgan fingerprint density at radius 3 is 1.00 bits per heavy atom. The van der Waals surface area contributed by atoms with E-state index in [2.05, 4.69) is 31.8 Å². The Hall–Kier alpha value is 2.57. The first-order valence-corrected chi connectivity index (χ1v) is 5.61. The van der Waals surface area contributed by atoms with Crippen LogP contribution in [-0.2, 0) is 98.1 Å².